The van der Waals surface area contributed by atoms with Crippen LogP contribution in [0.5, 0.6) is 0 Å². The molecule has 1 aliphatic heterocycles. The molecule has 0 radical (unpaired) electrons. The highest BCUT2D eigenvalue weighted by molar-refractivity contribution is 7.22. The SMILES string of the molecule is Cc1ccc2nc(NC(=O)C3CCN(c4ccc5nnnn5n4)CC3)sc2c1. The zero-order valence-corrected chi connectivity index (χ0v) is 16.1. The number of aryl methyl sites for hydroxylation is 1. The monoisotopic (exact) mass is 394 g/mol. The van der Waals surface area contributed by atoms with Crippen molar-refractivity contribution in [2.24, 2.45) is 5.92 Å². The summed E-state index contributed by atoms with van der Waals surface area (Å²) in [5.41, 5.74) is 2.73. The van der Waals surface area contributed by atoms with Crippen LogP contribution in [0.25, 0.3) is 15.9 Å². The summed E-state index contributed by atoms with van der Waals surface area (Å²) in [5.74, 6) is 0.835. The third kappa shape index (κ3) is 3.15. The molecule has 1 saturated heterocycles. The number of nitrogens with zero attached hydrogens (tertiary/aromatic N) is 7. The highest BCUT2D eigenvalue weighted by atomic mass is 32.1. The quantitative estimate of drug-likeness (QED) is 0.569. The van der Waals surface area contributed by atoms with Gasteiger partial charge in [0.1, 0.15) is 0 Å². The van der Waals surface area contributed by atoms with Crippen LogP contribution in [0.4, 0.5) is 10.9 Å². The van der Waals surface area contributed by atoms with Crippen LogP contribution in [0.15, 0.2) is 30.3 Å². The van der Waals surface area contributed by atoms with Crippen molar-refractivity contribution in [3.05, 3.63) is 35.9 Å². The lowest BCUT2D eigenvalue weighted by atomic mass is 9.96. The Morgan fingerprint density at radius 2 is 2.07 bits per heavy atom. The average molecular weight is 394 g/mol. The van der Waals surface area contributed by atoms with E-state index in [0.29, 0.717) is 10.8 Å². The van der Waals surface area contributed by atoms with Crippen molar-refractivity contribution in [1.82, 2.24) is 30.2 Å². The first-order valence-electron chi connectivity index (χ1n) is 9.14. The van der Waals surface area contributed by atoms with E-state index in [1.54, 1.807) is 0 Å². The molecule has 0 unspecified atom stereocenters. The number of thiazole rings is 1. The maximum Gasteiger partial charge on any atom is 0.229 e. The fourth-order valence-electron chi connectivity index (χ4n) is 3.47. The smallest absolute Gasteiger partial charge is 0.229 e. The second kappa shape index (κ2) is 6.79. The number of piperidine rings is 1. The Morgan fingerprint density at radius 3 is 2.93 bits per heavy atom. The van der Waals surface area contributed by atoms with Gasteiger partial charge in [-0.3, -0.25) is 4.79 Å². The van der Waals surface area contributed by atoms with E-state index in [1.165, 1.54) is 21.5 Å². The summed E-state index contributed by atoms with van der Waals surface area (Å²) in [7, 11) is 0. The minimum Gasteiger partial charge on any atom is -0.355 e. The number of nitrogens with one attached hydrogen (secondary N) is 1. The standard InChI is InChI=1S/C18H18N8OS/c1-11-2-3-13-14(10-11)28-18(19-13)20-17(27)12-6-8-25(9-7-12)16-5-4-15-21-23-24-26(15)22-16/h2-5,10,12H,6-9H2,1H3,(H,19,20,27). The van der Waals surface area contributed by atoms with Crippen LogP contribution in [-0.4, -0.2) is 49.2 Å². The molecule has 142 valence electrons. The molecule has 3 aromatic heterocycles. The van der Waals surface area contributed by atoms with Gasteiger partial charge >= 0.3 is 0 Å². The molecule has 4 aromatic rings. The Morgan fingerprint density at radius 1 is 1.21 bits per heavy atom. The fraction of sp³-hybridized carbons (Fsp3) is 0.333. The van der Waals surface area contributed by atoms with Gasteiger partial charge in [-0.1, -0.05) is 17.4 Å². The topological polar surface area (TPSA) is 101 Å². The number of carbonyl (C=O) groups excluding carboxylic acids is 1. The molecule has 4 heterocycles. The van der Waals surface area contributed by atoms with E-state index in [1.807, 2.05) is 24.3 Å². The van der Waals surface area contributed by atoms with Crippen molar-refractivity contribution >= 4 is 44.1 Å². The molecule has 1 aromatic carbocycles. The second-order valence-corrected chi connectivity index (χ2v) is 7.99. The van der Waals surface area contributed by atoms with E-state index in [9.17, 15) is 4.79 Å². The average Bonchev–Trinajstić information content (AvgIpc) is 3.33. The van der Waals surface area contributed by atoms with Crippen molar-refractivity contribution in [2.45, 2.75) is 19.8 Å². The van der Waals surface area contributed by atoms with Crippen molar-refractivity contribution in [3.8, 4) is 0 Å². The van der Waals surface area contributed by atoms with E-state index < -0.39 is 0 Å². The summed E-state index contributed by atoms with van der Waals surface area (Å²) in [4.78, 5) is 19.4. The predicted molar refractivity (Wildman–Crippen MR) is 107 cm³/mol. The van der Waals surface area contributed by atoms with Crippen molar-refractivity contribution in [3.63, 3.8) is 0 Å². The van der Waals surface area contributed by atoms with Crippen LogP contribution < -0.4 is 10.2 Å². The van der Waals surface area contributed by atoms with E-state index >= 15 is 0 Å². The number of tetrazole rings is 1. The third-order valence-electron chi connectivity index (χ3n) is 5.02. The second-order valence-electron chi connectivity index (χ2n) is 6.96. The van der Waals surface area contributed by atoms with Crippen LogP contribution >= 0.6 is 11.3 Å². The number of anilines is 2. The summed E-state index contributed by atoms with van der Waals surface area (Å²) in [5, 5.41) is 19.4. The number of aromatic nitrogens is 6. The van der Waals surface area contributed by atoms with E-state index in [-0.39, 0.29) is 11.8 Å². The molecular weight excluding hydrogens is 376 g/mol. The molecule has 1 N–H and O–H groups in total. The van der Waals surface area contributed by atoms with Crippen molar-refractivity contribution < 1.29 is 4.79 Å². The summed E-state index contributed by atoms with van der Waals surface area (Å²) >= 11 is 1.52. The normalized spacial score (nSPS) is 15.4. The molecule has 10 heteroatoms. The van der Waals surface area contributed by atoms with Crippen LogP contribution in [0.3, 0.4) is 0 Å². The number of carbonyl (C=O) groups is 1. The summed E-state index contributed by atoms with van der Waals surface area (Å²) in [6.45, 7) is 3.58. The first-order valence-corrected chi connectivity index (χ1v) is 9.96. The molecule has 1 fully saturated rings. The molecule has 0 bridgehead atoms. The highest BCUT2D eigenvalue weighted by Crippen LogP contribution is 2.28. The number of hydrogen-bond acceptors (Lipinski definition) is 8. The molecule has 0 aliphatic carbocycles. The van der Waals surface area contributed by atoms with Gasteiger partial charge in [-0.2, -0.15) is 0 Å². The van der Waals surface area contributed by atoms with Crippen LogP contribution in [-0.2, 0) is 4.79 Å². The molecule has 28 heavy (non-hydrogen) atoms. The molecule has 1 aliphatic rings. The number of benzene rings is 1. The predicted octanol–water partition coefficient (Wildman–Crippen LogP) is 2.29. The van der Waals surface area contributed by atoms with Crippen molar-refractivity contribution in [1.29, 1.82) is 0 Å². The Labute approximate surface area is 164 Å². The Bertz CT molecular complexity index is 1160. The number of amides is 1. The lowest BCUT2D eigenvalue weighted by molar-refractivity contribution is -0.120. The molecule has 0 spiro atoms. The summed E-state index contributed by atoms with van der Waals surface area (Å²) in [6, 6.07) is 9.87. The third-order valence-corrected chi connectivity index (χ3v) is 5.95. The molecule has 9 nitrogen and oxygen atoms in total. The Kier molecular flexibility index (Phi) is 4.12. The zero-order valence-electron chi connectivity index (χ0n) is 15.2. The summed E-state index contributed by atoms with van der Waals surface area (Å²) in [6.07, 6.45) is 1.54. The van der Waals surface area contributed by atoms with Crippen LogP contribution in [0, 0.1) is 12.8 Å². The lowest BCUT2D eigenvalue weighted by Crippen LogP contribution is -2.38. The molecular formula is C18H18N8OS. The lowest BCUT2D eigenvalue weighted by Gasteiger charge is -2.31. The number of rotatable bonds is 3. The fourth-order valence-corrected chi connectivity index (χ4v) is 4.44. The van der Waals surface area contributed by atoms with Crippen molar-refractivity contribution in [2.75, 3.05) is 23.3 Å². The molecule has 5 rings (SSSR count). The van der Waals surface area contributed by atoms with Gasteiger partial charge in [0.05, 0.1) is 10.2 Å². The Hall–Kier alpha value is -3.14. The highest BCUT2D eigenvalue weighted by Gasteiger charge is 2.26. The van der Waals surface area contributed by atoms with Crippen LogP contribution in [0.2, 0.25) is 0 Å². The maximum atomic E-state index is 12.7. The van der Waals surface area contributed by atoms with Crippen LogP contribution in [0.1, 0.15) is 18.4 Å². The Balaban J connectivity index is 1.23. The van der Waals surface area contributed by atoms with E-state index in [0.717, 1.165) is 42.0 Å². The molecule has 1 amide bonds. The minimum absolute atomic E-state index is 0.0261. The molecule has 0 atom stereocenters. The van der Waals surface area contributed by atoms with Gasteiger partial charge in [0, 0.05) is 19.0 Å². The first kappa shape index (κ1) is 17.0. The van der Waals surface area contributed by atoms with Gasteiger partial charge in [0.25, 0.3) is 0 Å². The number of hydrogen-bond donors (Lipinski definition) is 1. The van der Waals surface area contributed by atoms with Gasteiger partial charge in [-0.05, 0) is 60.0 Å². The van der Waals surface area contributed by atoms with Gasteiger partial charge < -0.3 is 10.2 Å². The van der Waals surface area contributed by atoms with Gasteiger partial charge in [0.15, 0.2) is 16.6 Å². The molecule has 0 saturated carbocycles. The van der Waals surface area contributed by atoms with Gasteiger partial charge in [-0.15, -0.1) is 14.8 Å². The number of fused-ring (bicyclic) bond motifs is 2. The largest absolute Gasteiger partial charge is 0.355 e. The first-order chi connectivity index (χ1) is 13.7. The van der Waals surface area contributed by atoms with E-state index in [2.05, 4.69) is 48.8 Å². The summed E-state index contributed by atoms with van der Waals surface area (Å²) < 4.78 is 2.51. The van der Waals surface area contributed by atoms with Gasteiger partial charge in [0.2, 0.25) is 5.91 Å². The minimum atomic E-state index is -0.0261. The van der Waals surface area contributed by atoms with E-state index in [4.69, 9.17) is 0 Å². The zero-order chi connectivity index (χ0) is 19.1. The maximum absolute atomic E-state index is 12.7. The van der Waals surface area contributed by atoms with Gasteiger partial charge in [-0.25, -0.2) is 4.98 Å².